The molecule has 0 bridgehead atoms. The van der Waals surface area contributed by atoms with Crippen molar-refractivity contribution in [2.75, 3.05) is 13.7 Å². The third kappa shape index (κ3) is 3.54. The maximum Gasteiger partial charge on any atom is 0.168 e. The molecule has 20 heavy (non-hydrogen) atoms. The number of rotatable bonds is 7. The van der Waals surface area contributed by atoms with Crippen LogP contribution in [-0.2, 0) is 6.54 Å². The third-order valence-electron chi connectivity index (χ3n) is 3.14. The molecule has 6 heteroatoms. The second kappa shape index (κ2) is 7.00. The van der Waals surface area contributed by atoms with Gasteiger partial charge in [0.25, 0.3) is 0 Å². The molecule has 6 nitrogen and oxygen atoms in total. The summed E-state index contributed by atoms with van der Waals surface area (Å²) in [6.07, 6.45) is 1.09. The number of aromatic nitrogens is 4. The van der Waals surface area contributed by atoms with E-state index in [0.29, 0.717) is 6.54 Å². The second-order valence-corrected chi connectivity index (χ2v) is 4.72. The molecular formula is C14H21N5O. The highest BCUT2D eigenvalue weighted by atomic mass is 16.5. The van der Waals surface area contributed by atoms with Gasteiger partial charge < -0.3 is 10.1 Å². The number of nitrogens with one attached hydrogen (secondary N) is 1. The first-order chi connectivity index (χ1) is 9.74. The molecule has 0 aliphatic carbocycles. The average Bonchev–Trinajstić information content (AvgIpc) is 2.94. The second-order valence-electron chi connectivity index (χ2n) is 4.72. The van der Waals surface area contributed by atoms with E-state index in [1.807, 2.05) is 28.9 Å². The fourth-order valence-electron chi connectivity index (χ4n) is 1.99. The van der Waals surface area contributed by atoms with E-state index in [9.17, 15) is 0 Å². The lowest BCUT2D eigenvalue weighted by molar-refractivity contribution is 0.414. The Labute approximate surface area is 119 Å². The van der Waals surface area contributed by atoms with Gasteiger partial charge in [0.15, 0.2) is 5.82 Å². The molecule has 1 heterocycles. The van der Waals surface area contributed by atoms with E-state index in [0.717, 1.165) is 30.1 Å². The minimum absolute atomic E-state index is 0.142. The normalized spacial score (nSPS) is 12.3. The Morgan fingerprint density at radius 2 is 2.05 bits per heavy atom. The summed E-state index contributed by atoms with van der Waals surface area (Å²) in [5.74, 6) is 1.71. The van der Waals surface area contributed by atoms with Crippen molar-refractivity contribution in [1.29, 1.82) is 0 Å². The topological polar surface area (TPSA) is 64.9 Å². The summed E-state index contributed by atoms with van der Waals surface area (Å²) in [5.41, 5.74) is 1.14. The third-order valence-corrected chi connectivity index (χ3v) is 3.14. The highest BCUT2D eigenvalue weighted by Crippen LogP contribution is 2.14. The minimum atomic E-state index is 0.142. The average molecular weight is 275 g/mol. The number of hydrogen-bond acceptors (Lipinski definition) is 5. The number of methoxy groups -OCH3 is 1. The first-order valence-corrected chi connectivity index (χ1v) is 6.87. The number of hydrogen-bond donors (Lipinski definition) is 1. The summed E-state index contributed by atoms with van der Waals surface area (Å²) in [6, 6.07) is 8.07. The zero-order chi connectivity index (χ0) is 14.4. The van der Waals surface area contributed by atoms with Gasteiger partial charge in [-0.25, -0.2) is 4.68 Å². The van der Waals surface area contributed by atoms with Crippen molar-refractivity contribution in [2.45, 2.75) is 32.9 Å². The molecule has 0 saturated carbocycles. The van der Waals surface area contributed by atoms with Crippen LogP contribution >= 0.6 is 0 Å². The Hall–Kier alpha value is -1.95. The lowest BCUT2D eigenvalue weighted by Crippen LogP contribution is -2.23. The number of tetrazole rings is 1. The molecule has 0 radical (unpaired) electrons. The maximum atomic E-state index is 5.15. The van der Waals surface area contributed by atoms with Gasteiger partial charge in [0.1, 0.15) is 5.75 Å². The van der Waals surface area contributed by atoms with Gasteiger partial charge in [0.05, 0.1) is 19.7 Å². The van der Waals surface area contributed by atoms with E-state index in [1.54, 1.807) is 7.11 Å². The van der Waals surface area contributed by atoms with Gasteiger partial charge in [-0.3, -0.25) is 0 Å². The molecule has 108 valence electrons. The maximum absolute atomic E-state index is 5.15. The Morgan fingerprint density at radius 3 is 2.70 bits per heavy atom. The van der Waals surface area contributed by atoms with Crippen LogP contribution in [0.1, 0.15) is 37.7 Å². The van der Waals surface area contributed by atoms with Crippen molar-refractivity contribution in [3.8, 4) is 5.75 Å². The Balaban J connectivity index is 2.07. The van der Waals surface area contributed by atoms with Crippen LogP contribution < -0.4 is 10.1 Å². The van der Waals surface area contributed by atoms with Crippen LogP contribution in [0.25, 0.3) is 0 Å². The van der Waals surface area contributed by atoms with Gasteiger partial charge in [0.2, 0.25) is 0 Å². The molecule has 0 spiro atoms. The predicted molar refractivity (Wildman–Crippen MR) is 76.6 cm³/mol. The molecular weight excluding hydrogens is 254 g/mol. The van der Waals surface area contributed by atoms with Gasteiger partial charge in [-0.1, -0.05) is 19.1 Å². The van der Waals surface area contributed by atoms with Crippen molar-refractivity contribution in [2.24, 2.45) is 0 Å². The summed E-state index contributed by atoms with van der Waals surface area (Å²) in [4.78, 5) is 0. The van der Waals surface area contributed by atoms with Gasteiger partial charge in [-0.15, -0.1) is 5.10 Å². The van der Waals surface area contributed by atoms with Crippen LogP contribution in [0, 0.1) is 0 Å². The summed E-state index contributed by atoms with van der Waals surface area (Å²) in [6.45, 7) is 5.83. The summed E-state index contributed by atoms with van der Waals surface area (Å²) in [7, 11) is 1.66. The summed E-state index contributed by atoms with van der Waals surface area (Å²) < 4.78 is 6.98. The Kier molecular flexibility index (Phi) is 5.06. The van der Waals surface area contributed by atoms with Gasteiger partial charge in [-0.2, -0.15) is 0 Å². The van der Waals surface area contributed by atoms with Crippen LogP contribution in [0.3, 0.4) is 0 Å². The van der Waals surface area contributed by atoms with Gasteiger partial charge >= 0.3 is 0 Å². The van der Waals surface area contributed by atoms with Crippen molar-refractivity contribution in [3.05, 3.63) is 35.7 Å². The lowest BCUT2D eigenvalue weighted by atomic mass is 10.2. The van der Waals surface area contributed by atoms with Crippen molar-refractivity contribution >= 4 is 0 Å². The largest absolute Gasteiger partial charge is 0.497 e. The zero-order valence-electron chi connectivity index (χ0n) is 12.2. The molecule has 2 aromatic rings. The lowest BCUT2D eigenvalue weighted by Gasteiger charge is -2.13. The molecule has 1 N–H and O–H groups in total. The zero-order valence-corrected chi connectivity index (χ0v) is 12.2. The van der Waals surface area contributed by atoms with E-state index < -0.39 is 0 Å². The van der Waals surface area contributed by atoms with E-state index >= 15 is 0 Å². The van der Waals surface area contributed by atoms with Crippen molar-refractivity contribution < 1.29 is 4.74 Å². The van der Waals surface area contributed by atoms with E-state index in [2.05, 4.69) is 34.7 Å². The van der Waals surface area contributed by atoms with Crippen molar-refractivity contribution in [3.63, 3.8) is 0 Å². The van der Waals surface area contributed by atoms with Crippen molar-refractivity contribution in [1.82, 2.24) is 25.5 Å². The quantitative estimate of drug-likeness (QED) is 0.834. The molecule has 0 aliphatic heterocycles. The first kappa shape index (κ1) is 14.5. The number of benzene rings is 1. The highest BCUT2D eigenvalue weighted by molar-refractivity contribution is 5.27. The van der Waals surface area contributed by atoms with E-state index in [4.69, 9.17) is 4.74 Å². The fraction of sp³-hybridized carbons (Fsp3) is 0.500. The molecule has 0 fully saturated rings. The van der Waals surface area contributed by atoms with Crippen LogP contribution in [0.4, 0.5) is 0 Å². The van der Waals surface area contributed by atoms with Crippen LogP contribution in [0.2, 0.25) is 0 Å². The first-order valence-electron chi connectivity index (χ1n) is 6.87. The molecule has 1 aromatic carbocycles. The summed E-state index contributed by atoms with van der Waals surface area (Å²) in [5, 5.41) is 15.4. The van der Waals surface area contributed by atoms with Crippen LogP contribution in [-0.4, -0.2) is 33.9 Å². The Bertz CT molecular complexity index is 523. The molecule has 0 saturated heterocycles. The van der Waals surface area contributed by atoms with E-state index in [1.165, 1.54) is 0 Å². The van der Waals surface area contributed by atoms with Crippen LogP contribution in [0.15, 0.2) is 24.3 Å². The summed E-state index contributed by atoms with van der Waals surface area (Å²) >= 11 is 0. The molecule has 1 aromatic heterocycles. The molecule has 0 amide bonds. The van der Waals surface area contributed by atoms with Crippen LogP contribution in [0.5, 0.6) is 5.75 Å². The predicted octanol–water partition coefficient (Wildman–Crippen LogP) is 1.79. The standard InChI is InChI=1S/C14H21N5O/c1-4-9-15-11(2)14-16-17-18-19(14)10-12-5-7-13(20-3)8-6-12/h5-8,11,15H,4,9-10H2,1-3H3. The van der Waals surface area contributed by atoms with Gasteiger partial charge in [-0.05, 0) is 48.0 Å². The monoisotopic (exact) mass is 275 g/mol. The smallest absolute Gasteiger partial charge is 0.168 e. The number of nitrogens with zero attached hydrogens (tertiary/aromatic N) is 4. The highest BCUT2D eigenvalue weighted by Gasteiger charge is 2.13. The van der Waals surface area contributed by atoms with Gasteiger partial charge in [0, 0.05) is 0 Å². The number of ether oxygens (including phenoxy) is 1. The molecule has 2 rings (SSSR count). The fourth-order valence-corrected chi connectivity index (χ4v) is 1.99. The van der Waals surface area contributed by atoms with E-state index in [-0.39, 0.29) is 6.04 Å². The molecule has 1 atom stereocenters. The Morgan fingerprint density at radius 1 is 1.30 bits per heavy atom. The SMILES string of the molecule is CCCNC(C)c1nnnn1Cc1ccc(OC)cc1. The minimum Gasteiger partial charge on any atom is -0.497 e. The molecule has 1 unspecified atom stereocenters. The molecule has 0 aliphatic rings.